The molecule has 34 heavy (non-hydrogen) atoms. The van der Waals surface area contributed by atoms with Gasteiger partial charge in [-0.3, -0.25) is 9.59 Å². The molecule has 1 fully saturated rings. The fraction of sp³-hybridized carbons (Fsp3) is 0.556. The van der Waals surface area contributed by atoms with Crippen LogP contribution in [0.25, 0.3) is 0 Å². The lowest BCUT2D eigenvalue weighted by Crippen LogP contribution is -2.36. The molecule has 186 valence electrons. The van der Waals surface area contributed by atoms with Gasteiger partial charge in [-0.25, -0.2) is 0 Å². The van der Waals surface area contributed by atoms with Gasteiger partial charge in [0.15, 0.2) is 0 Å². The van der Waals surface area contributed by atoms with Gasteiger partial charge in [-0.05, 0) is 103 Å². The summed E-state index contributed by atoms with van der Waals surface area (Å²) >= 11 is 6.45. The Morgan fingerprint density at radius 2 is 1.76 bits per heavy atom. The van der Waals surface area contributed by atoms with E-state index in [0.717, 1.165) is 22.5 Å². The average Bonchev–Trinajstić information content (AvgIpc) is 2.77. The molecule has 0 bridgehead atoms. The van der Waals surface area contributed by atoms with E-state index in [1.165, 1.54) is 25.7 Å². The first-order valence-electron chi connectivity index (χ1n) is 12.2. The monoisotopic (exact) mass is 486 g/mol. The molecule has 1 aromatic carbocycles. The van der Waals surface area contributed by atoms with E-state index in [9.17, 15) is 9.59 Å². The molecule has 7 heteroatoms. The summed E-state index contributed by atoms with van der Waals surface area (Å²) in [4.78, 5) is 32.5. The van der Waals surface area contributed by atoms with Crippen molar-refractivity contribution in [2.75, 3.05) is 26.5 Å². The summed E-state index contributed by atoms with van der Waals surface area (Å²) in [6.45, 7) is 8.17. The van der Waals surface area contributed by atoms with Crippen molar-refractivity contribution in [3.8, 4) is 0 Å². The third-order valence-corrected chi connectivity index (χ3v) is 7.62. The summed E-state index contributed by atoms with van der Waals surface area (Å²) in [7, 11) is 6.04. The highest BCUT2D eigenvalue weighted by Gasteiger charge is 2.27. The summed E-state index contributed by atoms with van der Waals surface area (Å²) in [5, 5.41) is 4.18. The fourth-order valence-electron chi connectivity index (χ4n) is 5.12. The molecule has 3 rings (SSSR count). The first kappa shape index (κ1) is 26.3. The van der Waals surface area contributed by atoms with Crippen molar-refractivity contribution >= 4 is 23.2 Å². The van der Waals surface area contributed by atoms with Crippen LogP contribution in [0.3, 0.4) is 0 Å². The summed E-state index contributed by atoms with van der Waals surface area (Å²) < 4.78 is 0. The molecule has 0 saturated heterocycles. The molecule has 0 aliphatic heterocycles. The Morgan fingerprint density at radius 3 is 2.35 bits per heavy atom. The molecule has 0 spiro atoms. The Kier molecular flexibility index (Phi) is 8.47. The van der Waals surface area contributed by atoms with Crippen LogP contribution < -0.4 is 10.9 Å². The molecule has 1 aliphatic carbocycles. The first-order valence-corrected chi connectivity index (χ1v) is 12.5. The molecule has 1 saturated carbocycles. The number of carbonyl (C=O) groups is 1. The zero-order chi connectivity index (χ0) is 25.2. The number of pyridine rings is 1. The maximum Gasteiger partial charge on any atom is 0.254 e. The van der Waals surface area contributed by atoms with E-state index in [4.69, 9.17) is 11.6 Å². The van der Waals surface area contributed by atoms with Crippen LogP contribution in [-0.4, -0.2) is 53.9 Å². The zero-order valence-electron chi connectivity index (χ0n) is 21.6. The predicted molar refractivity (Wildman–Crippen MR) is 141 cm³/mol. The molecule has 1 heterocycles. The van der Waals surface area contributed by atoms with Gasteiger partial charge in [-0.2, -0.15) is 0 Å². The molecule has 1 unspecified atom stereocenters. The number of nitrogens with one attached hydrogen (secondary N) is 2. The van der Waals surface area contributed by atoms with Crippen LogP contribution in [0.2, 0.25) is 5.02 Å². The quantitative estimate of drug-likeness (QED) is 0.568. The van der Waals surface area contributed by atoms with Crippen LogP contribution in [0.4, 0.5) is 5.69 Å². The van der Waals surface area contributed by atoms with Gasteiger partial charge in [0.2, 0.25) is 0 Å². The fourth-order valence-corrected chi connectivity index (χ4v) is 5.34. The van der Waals surface area contributed by atoms with Gasteiger partial charge in [0.1, 0.15) is 0 Å². The lowest BCUT2D eigenvalue weighted by molar-refractivity contribution is 0.0783. The van der Waals surface area contributed by atoms with Gasteiger partial charge >= 0.3 is 0 Å². The second-order valence-electron chi connectivity index (χ2n) is 10.2. The molecule has 1 aromatic heterocycles. The Balaban J connectivity index is 1.76. The van der Waals surface area contributed by atoms with E-state index in [1.54, 1.807) is 18.0 Å². The number of benzene rings is 1. The van der Waals surface area contributed by atoms with Gasteiger partial charge in [0, 0.05) is 46.7 Å². The molecule has 1 aliphatic rings. The van der Waals surface area contributed by atoms with Crippen LogP contribution in [0.15, 0.2) is 23.0 Å². The van der Waals surface area contributed by atoms with E-state index in [0.29, 0.717) is 28.1 Å². The maximum absolute atomic E-state index is 13.4. The largest absolute Gasteiger partial charge is 0.382 e. The Labute approximate surface area is 208 Å². The molecule has 1 amide bonds. The van der Waals surface area contributed by atoms with E-state index in [-0.39, 0.29) is 24.1 Å². The van der Waals surface area contributed by atoms with E-state index >= 15 is 0 Å². The van der Waals surface area contributed by atoms with Crippen LogP contribution in [0.1, 0.15) is 65.3 Å². The maximum atomic E-state index is 13.4. The standard InChI is InChI=1S/C27H39ClN4O2/c1-16-12-17(2)29-26(33)24(16)15-32(7)27(34)23-13-21(28)14-25(18(23)3)30-19(4)20-8-10-22(11-9-20)31(5)6/h12-14,19-20,22,30H,8-11,15H2,1-7H3,(H,29,33). The third kappa shape index (κ3) is 6.02. The molecule has 0 radical (unpaired) electrons. The second-order valence-corrected chi connectivity index (χ2v) is 10.6. The highest BCUT2D eigenvalue weighted by molar-refractivity contribution is 6.31. The Bertz CT molecular complexity index is 1090. The molecule has 2 N–H and O–H groups in total. The lowest BCUT2D eigenvalue weighted by Gasteiger charge is -2.36. The van der Waals surface area contributed by atoms with Crippen molar-refractivity contribution in [3.05, 3.63) is 61.5 Å². The van der Waals surface area contributed by atoms with Crippen LogP contribution >= 0.6 is 11.6 Å². The molecule has 1 atom stereocenters. The average molecular weight is 487 g/mol. The number of halogens is 1. The Morgan fingerprint density at radius 1 is 1.12 bits per heavy atom. The van der Waals surface area contributed by atoms with Crippen molar-refractivity contribution in [1.29, 1.82) is 0 Å². The number of rotatable bonds is 7. The van der Waals surface area contributed by atoms with E-state index in [1.807, 2.05) is 32.9 Å². The van der Waals surface area contributed by atoms with Crippen molar-refractivity contribution in [2.45, 2.75) is 72.0 Å². The molecular weight excluding hydrogens is 448 g/mol. The number of amides is 1. The zero-order valence-corrected chi connectivity index (χ0v) is 22.3. The minimum absolute atomic E-state index is 0.151. The number of anilines is 1. The van der Waals surface area contributed by atoms with Gasteiger partial charge < -0.3 is 20.1 Å². The van der Waals surface area contributed by atoms with Crippen LogP contribution in [-0.2, 0) is 6.54 Å². The second kappa shape index (κ2) is 11.0. The van der Waals surface area contributed by atoms with Crippen molar-refractivity contribution in [2.24, 2.45) is 5.92 Å². The minimum atomic E-state index is -0.153. The number of aryl methyl sites for hydroxylation is 2. The highest BCUT2D eigenvalue weighted by Crippen LogP contribution is 2.32. The summed E-state index contributed by atoms with van der Waals surface area (Å²) in [5.41, 5.74) is 4.47. The summed E-state index contributed by atoms with van der Waals surface area (Å²) in [6.07, 6.45) is 4.81. The van der Waals surface area contributed by atoms with Crippen molar-refractivity contribution in [3.63, 3.8) is 0 Å². The topological polar surface area (TPSA) is 68.4 Å². The van der Waals surface area contributed by atoms with Crippen molar-refractivity contribution < 1.29 is 4.79 Å². The number of hydrogen-bond donors (Lipinski definition) is 2. The summed E-state index contributed by atoms with van der Waals surface area (Å²) in [5.74, 6) is 0.439. The van der Waals surface area contributed by atoms with Gasteiger partial charge in [-0.15, -0.1) is 0 Å². The SMILES string of the molecule is Cc1cc(C)c(CN(C)C(=O)c2cc(Cl)cc(NC(C)C3CCC(N(C)C)CC3)c2C)c(=O)[nH]1. The molecule has 2 aromatic rings. The van der Waals surface area contributed by atoms with E-state index in [2.05, 4.69) is 36.2 Å². The number of hydrogen-bond acceptors (Lipinski definition) is 4. The Hall–Kier alpha value is -2.31. The van der Waals surface area contributed by atoms with Crippen molar-refractivity contribution in [1.82, 2.24) is 14.8 Å². The molecule has 6 nitrogen and oxygen atoms in total. The third-order valence-electron chi connectivity index (χ3n) is 7.40. The number of H-pyrrole nitrogens is 1. The highest BCUT2D eigenvalue weighted by atomic mass is 35.5. The van der Waals surface area contributed by atoms with Gasteiger partial charge in [0.05, 0.1) is 6.54 Å². The van der Waals surface area contributed by atoms with Gasteiger partial charge in [-0.1, -0.05) is 11.6 Å². The van der Waals surface area contributed by atoms with Crippen LogP contribution in [0, 0.1) is 26.7 Å². The minimum Gasteiger partial charge on any atom is -0.382 e. The lowest BCUT2D eigenvalue weighted by atomic mass is 9.81. The molecular formula is C27H39ClN4O2. The summed E-state index contributed by atoms with van der Waals surface area (Å²) in [6, 6.07) is 6.51. The number of aromatic nitrogens is 1. The number of carbonyl (C=O) groups excluding carboxylic acids is 1. The van der Waals surface area contributed by atoms with Gasteiger partial charge in [0.25, 0.3) is 11.5 Å². The first-order chi connectivity index (χ1) is 16.0. The number of aromatic amines is 1. The van der Waals surface area contributed by atoms with E-state index < -0.39 is 0 Å². The number of nitrogens with zero attached hydrogens (tertiary/aromatic N) is 2. The predicted octanol–water partition coefficient (Wildman–Crippen LogP) is 5.15. The normalized spacial score (nSPS) is 19.2. The smallest absolute Gasteiger partial charge is 0.254 e. The van der Waals surface area contributed by atoms with Crippen LogP contribution in [0.5, 0.6) is 0 Å².